The molecule has 0 aromatic heterocycles. The lowest BCUT2D eigenvalue weighted by Crippen LogP contribution is -2.33. The molecular formula is C10H19NO4S. The molecule has 2 N–H and O–H groups in total. The summed E-state index contributed by atoms with van der Waals surface area (Å²) in [6.07, 6.45) is 2.91. The summed E-state index contributed by atoms with van der Waals surface area (Å²) in [5.74, 6) is -0.583. The third kappa shape index (κ3) is 4.09. The van der Waals surface area contributed by atoms with Crippen molar-refractivity contribution < 1.29 is 18.3 Å². The van der Waals surface area contributed by atoms with Gasteiger partial charge in [-0.15, -0.1) is 0 Å². The quantitative estimate of drug-likeness (QED) is 0.755. The van der Waals surface area contributed by atoms with Crippen LogP contribution in [-0.4, -0.2) is 31.8 Å². The van der Waals surface area contributed by atoms with Gasteiger partial charge >= 0.3 is 5.97 Å². The molecule has 16 heavy (non-hydrogen) atoms. The van der Waals surface area contributed by atoms with Crippen molar-refractivity contribution in [3.63, 3.8) is 0 Å². The highest BCUT2D eigenvalue weighted by molar-refractivity contribution is 7.89. The number of carbonyl (C=O) groups is 1. The Kier molecular flexibility index (Phi) is 4.73. The minimum absolute atomic E-state index is 0.0947. The van der Waals surface area contributed by atoms with Crippen molar-refractivity contribution in [1.29, 1.82) is 0 Å². The molecule has 0 radical (unpaired) electrons. The second-order valence-electron chi connectivity index (χ2n) is 4.31. The molecule has 5 nitrogen and oxygen atoms in total. The molecule has 0 atom stereocenters. The van der Waals surface area contributed by atoms with Gasteiger partial charge in [-0.2, -0.15) is 0 Å². The average molecular weight is 249 g/mol. The Morgan fingerprint density at radius 1 is 1.31 bits per heavy atom. The first-order chi connectivity index (χ1) is 7.44. The van der Waals surface area contributed by atoms with E-state index >= 15 is 0 Å². The molecule has 1 rings (SSSR count). The summed E-state index contributed by atoms with van der Waals surface area (Å²) in [5.41, 5.74) is 0. The molecule has 1 fully saturated rings. The number of hydrogen-bond acceptors (Lipinski definition) is 3. The summed E-state index contributed by atoms with van der Waals surface area (Å²) in [6, 6.07) is 0. The maximum absolute atomic E-state index is 11.2. The lowest BCUT2D eigenvalue weighted by Gasteiger charge is -2.25. The van der Waals surface area contributed by atoms with Crippen molar-refractivity contribution in [2.45, 2.75) is 32.6 Å². The van der Waals surface area contributed by atoms with E-state index in [-0.39, 0.29) is 17.6 Å². The Balaban J connectivity index is 2.30. The fourth-order valence-electron chi connectivity index (χ4n) is 1.96. The molecule has 0 heterocycles. The van der Waals surface area contributed by atoms with Gasteiger partial charge in [-0.1, -0.05) is 0 Å². The molecule has 0 saturated heterocycles. The van der Waals surface area contributed by atoms with Gasteiger partial charge in [0.25, 0.3) is 0 Å². The molecule has 0 unspecified atom stereocenters. The van der Waals surface area contributed by atoms with Crippen LogP contribution >= 0.6 is 0 Å². The predicted molar refractivity (Wildman–Crippen MR) is 60.5 cm³/mol. The normalized spacial score (nSPS) is 26.6. The summed E-state index contributed by atoms with van der Waals surface area (Å²) >= 11 is 0. The number of hydrogen-bond donors (Lipinski definition) is 2. The van der Waals surface area contributed by atoms with Crippen LogP contribution in [0, 0.1) is 11.8 Å². The number of carboxylic acid groups (broad SMARTS) is 1. The van der Waals surface area contributed by atoms with E-state index in [1.807, 2.05) is 0 Å². The molecule has 94 valence electrons. The zero-order valence-electron chi connectivity index (χ0n) is 9.48. The first kappa shape index (κ1) is 13.4. The van der Waals surface area contributed by atoms with Crippen LogP contribution in [0.1, 0.15) is 32.6 Å². The minimum atomic E-state index is -3.12. The standard InChI is InChI=1S/C10H19NO4S/c1-2-16(14,15)11-7-8-3-5-9(6-4-8)10(12)13/h8-9,11H,2-7H2,1H3,(H,12,13). The monoisotopic (exact) mass is 249 g/mol. The van der Waals surface area contributed by atoms with E-state index < -0.39 is 16.0 Å². The van der Waals surface area contributed by atoms with Gasteiger partial charge in [0.15, 0.2) is 0 Å². The smallest absolute Gasteiger partial charge is 0.306 e. The molecule has 0 bridgehead atoms. The van der Waals surface area contributed by atoms with Gasteiger partial charge in [-0.25, -0.2) is 13.1 Å². The first-order valence-corrected chi connectivity index (χ1v) is 7.30. The molecule has 0 aliphatic heterocycles. The SMILES string of the molecule is CCS(=O)(=O)NCC1CCC(C(=O)O)CC1. The minimum Gasteiger partial charge on any atom is -0.481 e. The van der Waals surface area contributed by atoms with Crippen LogP contribution in [0.2, 0.25) is 0 Å². The van der Waals surface area contributed by atoms with Crippen LogP contribution in [0.4, 0.5) is 0 Å². The zero-order valence-corrected chi connectivity index (χ0v) is 10.3. The highest BCUT2D eigenvalue weighted by Crippen LogP contribution is 2.28. The molecule has 1 saturated carbocycles. The molecule has 0 aromatic carbocycles. The Morgan fingerprint density at radius 3 is 2.31 bits per heavy atom. The first-order valence-electron chi connectivity index (χ1n) is 5.64. The van der Waals surface area contributed by atoms with Gasteiger partial charge < -0.3 is 5.11 Å². The largest absolute Gasteiger partial charge is 0.481 e. The van der Waals surface area contributed by atoms with Crippen LogP contribution < -0.4 is 4.72 Å². The van der Waals surface area contributed by atoms with Crippen molar-refractivity contribution in [1.82, 2.24) is 4.72 Å². The maximum atomic E-state index is 11.2. The summed E-state index contributed by atoms with van der Waals surface area (Å²) < 4.78 is 25.0. The lowest BCUT2D eigenvalue weighted by molar-refractivity contribution is -0.143. The number of carboxylic acids is 1. The average Bonchev–Trinajstić information content (AvgIpc) is 2.27. The molecule has 0 aromatic rings. The molecule has 0 amide bonds. The summed E-state index contributed by atoms with van der Waals surface area (Å²) in [5, 5.41) is 8.81. The van der Waals surface area contributed by atoms with E-state index in [2.05, 4.69) is 4.72 Å². The van der Waals surface area contributed by atoms with Gasteiger partial charge in [0, 0.05) is 6.54 Å². The van der Waals surface area contributed by atoms with E-state index in [1.165, 1.54) is 0 Å². The van der Waals surface area contributed by atoms with Crippen LogP contribution in [0.3, 0.4) is 0 Å². The Hall–Kier alpha value is -0.620. The highest BCUT2D eigenvalue weighted by Gasteiger charge is 2.26. The van der Waals surface area contributed by atoms with Crippen molar-refractivity contribution in [3.8, 4) is 0 Å². The number of nitrogens with one attached hydrogen (secondary N) is 1. The topological polar surface area (TPSA) is 83.5 Å². The summed E-state index contributed by atoms with van der Waals surface area (Å²) in [4.78, 5) is 10.7. The van der Waals surface area contributed by atoms with E-state index in [1.54, 1.807) is 6.92 Å². The maximum Gasteiger partial charge on any atom is 0.306 e. The predicted octanol–water partition coefficient (Wildman–Crippen LogP) is 0.817. The fraction of sp³-hybridized carbons (Fsp3) is 0.900. The van der Waals surface area contributed by atoms with Crippen molar-refractivity contribution >= 4 is 16.0 Å². The fourth-order valence-corrected chi connectivity index (χ4v) is 2.65. The van der Waals surface area contributed by atoms with Gasteiger partial charge in [0.1, 0.15) is 0 Å². The lowest BCUT2D eigenvalue weighted by atomic mass is 9.82. The Labute approximate surface area is 96.3 Å². The van der Waals surface area contributed by atoms with Crippen LogP contribution in [0.25, 0.3) is 0 Å². The number of aliphatic carboxylic acids is 1. The molecule has 0 spiro atoms. The van der Waals surface area contributed by atoms with Gasteiger partial charge in [0.2, 0.25) is 10.0 Å². The zero-order chi connectivity index (χ0) is 12.2. The van der Waals surface area contributed by atoms with E-state index in [9.17, 15) is 13.2 Å². The van der Waals surface area contributed by atoms with Gasteiger partial charge in [-0.3, -0.25) is 4.79 Å². The van der Waals surface area contributed by atoms with Gasteiger partial charge in [-0.05, 0) is 38.5 Å². The molecule has 6 heteroatoms. The third-order valence-corrected chi connectivity index (χ3v) is 4.53. The Bertz CT molecular complexity index is 331. The second-order valence-corrected chi connectivity index (χ2v) is 6.40. The van der Waals surface area contributed by atoms with Crippen LogP contribution in [0.15, 0.2) is 0 Å². The molecular weight excluding hydrogens is 230 g/mol. The number of sulfonamides is 1. The van der Waals surface area contributed by atoms with Crippen molar-refractivity contribution in [2.24, 2.45) is 11.8 Å². The number of rotatable bonds is 5. The third-order valence-electron chi connectivity index (χ3n) is 3.17. The molecule has 1 aliphatic rings. The van der Waals surface area contributed by atoms with Gasteiger partial charge in [0.05, 0.1) is 11.7 Å². The summed E-state index contributed by atoms with van der Waals surface area (Å²) in [7, 11) is -3.12. The van der Waals surface area contributed by atoms with Crippen molar-refractivity contribution in [2.75, 3.05) is 12.3 Å². The van der Waals surface area contributed by atoms with Crippen LogP contribution in [-0.2, 0) is 14.8 Å². The Morgan fingerprint density at radius 2 is 1.88 bits per heavy atom. The van der Waals surface area contributed by atoms with E-state index in [0.29, 0.717) is 19.4 Å². The van der Waals surface area contributed by atoms with Crippen LogP contribution in [0.5, 0.6) is 0 Å². The summed E-state index contributed by atoms with van der Waals surface area (Å²) in [6.45, 7) is 2.05. The van der Waals surface area contributed by atoms with Crippen molar-refractivity contribution in [3.05, 3.63) is 0 Å². The second kappa shape index (κ2) is 5.63. The highest BCUT2D eigenvalue weighted by atomic mass is 32.2. The van der Waals surface area contributed by atoms with E-state index in [0.717, 1.165) is 12.8 Å². The molecule has 1 aliphatic carbocycles. The van der Waals surface area contributed by atoms with E-state index in [4.69, 9.17) is 5.11 Å².